The zero-order chi connectivity index (χ0) is 10.5. The van der Waals surface area contributed by atoms with Gasteiger partial charge in [0, 0.05) is 11.4 Å². The molecule has 1 aliphatic carbocycles. The summed E-state index contributed by atoms with van der Waals surface area (Å²) in [6, 6.07) is 8.37. The molecule has 1 aromatic heterocycles. The van der Waals surface area contributed by atoms with Crippen molar-refractivity contribution in [3.05, 3.63) is 24.4 Å². The number of rotatable bonds is 2. The Morgan fingerprint density at radius 3 is 2.93 bits per heavy atom. The highest BCUT2D eigenvalue weighted by Crippen LogP contribution is 2.36. The monoisotopic (exact) mass is 218 g/mol. The summed E-state index contributed by atoms with van der Waals surface area (Å²) in [5.41, 5.74) is 0. The van der Waals surface area contributed by atoms with Crippen molar-refractivity contribution >= 4 is 11.8 Å². The van der Waals surface area contributed by atoms with Gasteiger partial charge in [0.05, 0.1) is 17.0 Å². The van der Waals surface area contributed by atoms with Gasteiger partial charge in [-0.1, -0.05) is 18.9 Å². The van der Waals surface area contributed by atoms with Crippen LogP contribution in [0.1, 0.15) is 25.7 Å². The molecule has 0 bridgehead atoms. The van der Waals surface area contributed by atoms with Crippen molar-refractivity contribution < 1.29 is 0 Å². The quantitative estimate of drug-likeness (QED) is 0.764. The number of hydrogen-bond donors (Lipinski definition) is 0. The third-order valence-electron chi connectivity index (χ3n) is 2.78. The summed E-state index contributed by atoms with van der Waals surface area (Å²) >= 11 is 1.76. The number of aromatic nitrogens is 1. The van der Waals surface area contributed by atoms with Gasteiger partial charge in [0.25, 0.3) is 0 Å². The van der Waals surface area contributed by atoms with E-state index >= 15 is 0 Å². The molecule has 2 nitrogen and oxygen atoms in total. The smallest absolute Gasteiger partial charge is 0.0962 e. The normalized spacial score (nSPS) is 25.8. The molecule has 0 amide bonds. The second kappa shape index (κ2) is 5.18. The topological polar surface area (TPSA) is 36.7 Å². The zero-order valence-corrected chi connectivity index (χ0v) is 9.41. The Morgan fingerprint density at radius 1 is 1.33 bits per heavy atom. The van der Waals surface area contributed by atoms with Gasteiger partial charge in [0.2, 0.25) is 0 Å². The molecule has 78 valence electrons. The molecule has 0 radical (unpaired) electrons. The molecule has 2 atom stereocenters. The molecule has 1 fully saturated rings. The van der Waals surface area contributed by atoms with Gasteiger partial charge >= 0.3 is 0 Å². The lowest BCUT2D eigenvalue weighted by Crippen LogP contribution is -2.20. The summed E-state index contributed by atoms with van der Waals surface area (Å²) in [7, 11) is 0. The number of pyridine rings is 1. The highest BCUT2D eigenvalue weighted by molar-refractivity contribution is 7.99. The van der Waals surface area contributed by atoms with E-state index in [4.69, 9.17) is 5.26 Å². The van der Waals surface area contributed by atoms with Crippen LogP contribution in [0.4, 0.5) is 0 Å². The Kier molecular flexibility index (Phi) is 3.63. The molecule has 2 unspecified atom stereocenters. The molecule has 0 N–H and O–H groups in total. The lowest BCUT2D eigenvalue weighted by Gasteiger charge is -2.25. The van der Waals surface area contributed by atoms with Crippen LogP contribution in [0.15, 0.2) is 29.4 Å². The molecule has 1 aromatic rings. The Hall–Kier alpha value is -1.01. The van der Waals surface area contributed by atoms with Crippen molar-refractivity contribution in [3.8, 4) is 6.07 Å². The summed E-state index contributed by atoms with van der Waals surface area (Å²) in [6.45, 7) is 0. The van der Waals surface area contributed by atoms with Crippen LogP contribution in [0, 0.1) is 17.2 Å². The van der Waals surface area contributed by atoms with E-state index in [0.29, 0.717) is 5.25 Å². The Balaban J connectivity index is 2.01. The molecule has 0 saturated heterocycles. The molecule has 2 rings (SSSR count). The number of thioether (sulfide) groups is 1. The van der Waals surface area contributed by atoms with Crippen molar-refractivity contribution in [2.45, 2.75) is 36.0 Å². The van der Waals surface area contributed by atoms with E-state index in [1.165, 1.54) is 12.8 Å². The van der Waals surface area contributed by atoms with Crippen LogP contribution in [0.5, 0.6) is 0 Å². The molecule has 0 aliphatic heterocycles. The van der Waals surface area contributed by atoms with Gasteiger partial charge in [-0.3, -0.25) is 0 Å². The fourth-order valence-electron chi connectivity index (χ4n) is 1.96. The molecule has 0 spiro atoms. The molecular formula is C12H14N2S. The average molecular weight is 218 g/mol. The van der Waals surface area contributed by atoms with Crippen LogP contribution >= 0.6 is 11.8 Å². The average Bonchev–Trinajstić information content (AvgIpc) is 2.31. The number of nitrogens with zero attached hydrogens (tertiary/aromatic N) is 2. The summed E-state index contributed by atoms with van der Waals surface area (Å²) in [6.07, 6.45) is 6.48. The first-order valence-electron chi connectivity index (χ1n) is 5.37. The van der Waals surface area contributed by atoms with Crippen molar-refractivity contribution in [3.63, 3.8) is 0 Å². The van der Waals surface area contributed by atoms with E-state index in [9.17, 15) is 0 Å². The fourth-order valence-corrected chi connectivity index (χ4v) is 3.19. The van der Waals surface area contributed by atoms with Gasteiger partial charge < -0.3 is 0 Å². The first-order chi connectivity index (χ1) is 7.40. The van der Waals surface area contributed by atoms with Crippen LogP contribution in [0.25, 0.3) is 0 Å². The van der Waals surface area contributed by atoms with E-state index in [2.05, 4.69) is 11.1 Å². The summed E-state index contributed by atoms with van der Waals surface area (Å²) in [4.78, 5) is 4.30. The van der Waals surface area contributed by atoms with Crippen LogP contribution in [0.2, 0.25) is 0 Å². The minimum Gasteiger partial charge on any atom is -0.250 e. The maximum atomic E-state index is 9.06. The lowest BCUT2D eigenvalue weighted by atomic mass is 9.90. The van der Waals surface area contributed by atoms with Crippen LogP contribution in [-0.4, -0.2) is 10.2 Å². The third-order valence-corrected chi connectivity index (χ3v) is 4.13. The van der Waals surface area contributed by atoms with Crippen LogP contribution < -0.4 is 0 Å². The predicted molar refractivity (Wildman–Crippen MR) is 61.5 cm³/mol. The van der Waals surface area contributed by atoms with E-state index in [0.717, 1.165) is 17.9 Å². The van der Waals surface area contributed by atoms with Crippen molar-refractivity contribution in [2.24, 2.45) is 5.92 Å². The van der Waals surface area contributed by atoms with Crippen LogP contribution in [0.3, 0.4) is 0 Å². The van der Waals surface area contributed by atoms with Gasteiger partial charge in [-0.15, -0.1) is 11.8 Å². The maximum absolute atomic E-state index is 9.06. The highest BCUT2D eigenvalue weighted by atomic mass is 32.2. The number of hydrogen-bond acceptors (Lipinski definition) is 3. The zero-order valence-electron chi connectivity index (χ0n) is 8.60. The molecule has 1 aliphatic rings. The maximum Gasteiger partial charge on any atom is 0.0962 e. The van der Waals surface area contributed by atoms with Gasteiger partial charge in [0.1, 0.15) is 0 Å². The lowest BCUT2D eigenvalue weighted by molar-refractivity contribution is 0.439. The SMILES string of the molecule is N#CC1CCCCC1Sc1ccccn1. The van der Waals surface area contributed by atoms with Gasteiger partial charge in [0.15, 0.2) is 0 Å². The third kappa shape index (κ3) is 2.73. The van der Waals surface area contributed by atoms with Gasteiger partial charge in [-0.05, 0) is 25.0 Å². The highest BCUT2D eigenvalue weighted by Gasteiger charge is 2.25. The summed E-state index contributed by atoms with van der Waals surface area (Å²) in [5.74, 6) is 0.214. The van der Waals surface area contributed by atoms with Gasteiger partial charge in [-0.2, -0.15) is 5.26 Å². The second-order valence-electron chi connectivity index (χ2n) is 3.84. The molecule has 1 heterocycles. The Bertz CT molecular complexity index is 344. The molecule has 1 saturated carbocycles. The first-order valence-corrected chi connectivity index (χ1v) is 6.25. The van der Waals surface area contributed by atoms with E-state index in [1.54, 1.807) is 11.8 Å². The summed E-state index contributed by atoms with van der Waals surface area (Å²) in [5, 5.41) is 10.5. The van der Waals surface area contributed by atoms with Crippen molar-refractivity contribution in [1.82, 2.24) is 4.98 Å². The minimum absolute atomic E-state index is 0.214. The van der Waals surface area contributed by atoms with E-state index in [-0.39, 0.29) is 5.92 Å². The van der Waals surface area contributed by atoms with Gasteiger partial charge in [-0.25, -0.2) is 4.98 Å². The largest absolute Gasteiger partial charge is 0.250 e. The number of nitriles is 1. The molecule has 15 heavy (non-hydrogen) atoms. The Morgan fingerprint density at radius 2 is 2.20 bits per heavy atom. The first kappa shape index (κ1) is 10.5. The minimum atomic E-state index is 0.214. The van der Waals surface area contributed by atoms with Crippen molar-refractivity contribution in [1.29, 1.82) is 5.26 Å². The second-order valence-corrected chi connectivity index (χ2v) is 5.10. The predicted octanol–water partition coefficient (Wildman–Crippen LogP) is 3.26. The van der Waals surface area contributed by atoms with Crippen LogP contribution in [-0.2, 0) is 0 Å². The summed E-state index contributed by atoms with van der Waals surface area (Å²) < 4.78 is 0. The molecule has 0 aromatic carbocycles. The molecular weight excluding hydrogens is 204 g/mol. The van der Waals surface area contributed by atoms with E-state index < -0.39 is 0 Å². The standard InChI is InChI=1S/C12H14N2S/c13-9-10-5-1-2-6-11(10)15-12-7-3-4-8-14-12/h3-4,7-8,10-11H,1-2,5-6H2. The van der Waals surface area contributed by atoms with E-state index in [1.807, 2.05) is 24.4 Å². The Labute approximate surface area is 94.7 Å². The van der Waals surface area contributed by atoms with Crippen molar-refractivity contribution in [2.75, 3.05) is 0 Å². The molecule has 3 heteroatoms. The fraction of sp³-hybridized carbons (Fsp3) is 0.500.